The van der Waals surface area contributed by atoms with Crippen molar-refractivity contribution in [1.82, 2.24) is 14.1 Å². The minimum atomic E-state index is -3.67. The van der Waals surface area contributed by atoms with Crippen LogP contribution in [0.5, 0.6) is 0 Å². The van der Waals surface area contributed by atoms with Gasteiger partial charge < -0.3 is 0 Å². The second-order valence-electron chi connectivity index (χ2n) is 8.41. The van der Waals surface area contributed by atoms with Gasteiger partial charge in [0.05, 0.1) is 16.1 Å². The number of nitrogens with one attached hydrogen (secondary N) is 1. The summed E-state index contributed by atoms with van der Waals surface area (Å²) in [6.07, 6.45) is 0.476. The summed E-state index contributed by atoms with van der Waals surface area (Å²) < 4.78 is 29.2. The van der Waals surface area contributed by atoms with Crippen molar-refractivity contribution in [1.29, 1.82) is 0 Å². The molecule has 0 atom stereocenters. The zero-order valence-corrected chi connectivity index (χ0v) is 17.7. The molecule has 0 radical (unpaired) electrons. The Kier molecular flexibility index (Phi) is 4.75. The normalized spacial score (nSPS) is 15.3. The van der Waals surface area contributed by atoms with Gasteiger partial charge in [0.1, 0.15) is 0 Å². The van der Waals surface area contributed by atoms with Gasteiger partial charge in [-0.25, -0.2) is 13.1 Å². The Hall–Kier alpha value is -2.64. The lowest BCUT2D eigenvalue weighted by Crippen LogP contribution is -2.37. The Labute approximate surface area is 170 Å². The van der Waals surface area contributed by atoms with Gasteiger partial charge >= 0.3 is 0 Å². The molecule has 0 fully saturated rings. The highest BCUT2D eigenvalue weighted by Gasteiger charge is 2.31. The molecule has 0 saturated carbocycles. The van der Waals surface area contributed by atoms with E-state index >= 15 is 0 Å². The number of benzene rings is 2. The highest BCUT2D eigenvalue weighted by Crippen LogP contribution is 2.27. The van der Waals surface area contributed by atoms with Crippen LogP contribution in [0.2, 0.25) is 0 Å². The van der Waals surface area contributed by atoms with Gasteiger partial charge in [0.2, 0.25) is 10.0 Å². The smallest absolute Gasteiger partial charge is 0.276 e. The van der Waals surface area contributed by atoms with Crippen LogP contribution in [0.1, 0.15) is 37.6 Å². The van der Waals surface area contributed by atoms with Gasteiger partial charge in [0.25, 0.3) is 5.56 Å². The number of para-hydroxylation sites is 1. The fourth-order valence-electron chi connectivity index (χ4n) is 3.62. The summed E-state index contributed by atoms with van der Waals surface area (Å²) in [4.78, 5) is 13.1. The lowest BCUT2D eigenvalue weighted by Gasteiger charge is -2.26. The molecule has 1 N–H and O–H groups in total. The van der Waals surface area contributed by atoms with E-state index in [0.29, 0.717) is 18.5 Å². The number of aromatic nitrogens is 2. The lowest BCUT2D eigenvalue weighted by atomic mass is 9.87. The Bertz CT molecular complexity index is 1180. The molecular weight excluding hydrogens is 386 g/mol. The Morgan fingerprint density at radius 3 is 2.24 bits per heavy atom. The highest BCUT2D eigenvalue weighted by atomic mass is 32.2. The highest BCUT2D eigenvalue weighted by molar-refractivity contribution is 7.89. The molecule has 0 bridgehead atoms. The quantitative estimate of drug-likeness (QED) is 0.719. The van der Waals surface area contributed by atoms with Crippen LogP contribution in [0.15, 0.2) is 64.3 Å². The molecule has 1 aliphatic rings. The van der Waals surface area contributed by atoms with Crippen molar-refractivity contribution in [3.8, 4) is 5.69 Å². The number of fused-ring (bicyclic) bond motifs is 1. The predicted molar refractivity (Wildman–Crippen MR) is 113 cm³/mol. The molecular formula is C22H25N3O3S. The monoisotopic (exact) mass is 411 g/mol. The summed E-state index contributed by atoms with van der Waals surface area (Å²) in [6, 6.07) is 16.3. The molecule has 1 aromatic heterocycles. The summed E-state index contributed by atoms with van der Waals surface area (Å²) in [5.74, 6) is 0. The molecule has 0 spiro atoms. The number of aromatic amines is 1. The fourth-order valence-corrected chi connectivity index (χ4v) is 5.03. The molecule has 0 aliphatic carbocycles. The summed E-state index contributed by atoms with van der Waals surface area (Å²) in [7, 11) is -3.67. The molecule has 152 valence electrons. The number of nitrogens with zero attached hydrogens (tertiary/aromatic N) is 2. The number of hydrogen-bond donors (Lipinski definition) is 1. The van der Waals surface area contributed by atoms with Crippen LogP contribution in [-0.4, -0.2) is 29.0 Å². The molecule has 1 aliphatic heterocycles. The van der Waals surface area contributed by atoms with E-state index < -0.39 is 10.0 Å². The first-order chi connectivity index (χ1) is 13.7. The minimum absolute atomic E-state index is 0.0457. The zero-order valence-electron chi connectivity index (χ0n) is 16.8. The standard InChI is InChI=1S/C22H25N3O3S/c1-22(2,3)16-9-11-18(12-10-16)29(27,28)24-14-13-20-19(15-24)21(26)25(23-20)17-7-5-4-6-8-17/h4-12,23H,13-15H2,1-3H3. The second-order valence-corrected chi connectivity index (χ2v) is 10.3. The first-order valence-corrected chi connectivity index (χ1v) is 11.1. The van der Waals surface area contributed by atoms with Crippen LogP contribution in [0, 0.1) is 0 Å². The maximum atomic E-state index is 13.2. The van der Waals surface area contributed by atoms with Crippen LogP contribution < -0.4 is 5.56 Å². The zero-order chi connectivity index (χ0) is 20.8. The predicted octanol–water partition coefficient (Wildman–Crippen LogP) is 3.21. The van der Waals surface area contributed by atoms with Crippen molar-refractivity contribution in [3.63, 3.8) is 0 Å². The third-order valence-corrected chi connectivity index (χ3v) is 7.25. The van der Waals surface area contributed by atoms with E-state index in [9.17, 15) is 13.2 Å². The van der Waals surface area contributed by atoms with E-state index in [0.717, 1.165) is 16.9 Å². The molecule has 7 heteroatoms. The van der Waals surface area contributed by atoms with Crippen LogP contribution in [0.4, 0.5) is 0 Å². The maximum Gasteiger partial charge on any atom is 0.276 e. The average molecular weight is 412 g/mol. The van der Waals surface area contributed by atoms with E-state index in [1.807, 2.05) is 42.5 Å². The molecule has 2 aromatic carbocycles. The molecule has 0 saturated heterocycles. The minimum Gasteiger partial charge on any atom is -0.295 e. The van der Waals surface area contributed by atoms with E-state index in [2.05, 4.69) is 25.9 Å². The van der Waals surface area contributed by atoms with Crippen molar-refractivity contribution < 1.29 is 8.42 Å². The SMILES string of the molecule is CC(C)(C)c1ccc(S(=O)(=O)N2CCc3[nH]n(-c4ccccc4)c(=O)c3C2)cc1. The lowest BCUT2D eigenvalue weighted by molar-refractivity contribution is 0.389. The second kappa shape index (κ2) is 7.00. The third-order valence-electron chi connectivity index (χ3n) is 5.39. The molecule has 0 amide bonds. The molecule has 3 aromatic rings. The van der Waals surface area contributed by atoms with Crippen LogP contribution in [0.25, 0.3) is 5.69 Å². The maximum absolute atomic E-state index is 13.2. The number of sulfonamides is 1. The number of rotatable bonds is 3. The van der Waals surface area contributed by atoms with Gasteiger partial charge in [-0.3, -0.25) is 9.89 Å². The van der Waals surface area contributed by atoms with E-state index in [4.69, 9.17) is 0 Å². The van der Waals surface area contributed by atoms with Crippen molar-refractivity contribution in [3.05, 3.63) is 81.8 Å². The first kappa shape index (κ1) is 19.7. The van der Waals surface area contributed by atoms with Crippen molar-refractivity contribution in [2.75, 3.05) is 6.54 Å². The van der Waals surface area contributed by atoms with Gasteiger partial charge in [-0.2, -0.15) is 4.31 Å². The summed E-state index contributed by atoms with van der Waals surface area (Å²) >= 11 is 0. The van der Waals surface area contributed by atoms with Crippen LogP contribution in [-0.2, 0) is 28.4 Å². The Morgan fingerprint density at radius 1 is 0.966 bits per heavy atom. The Balaban J connectivity index is 1.64. The van der Waals surface area contributed by atoms with E-state index in [1.165, 1.54) is 8.99 Å². The van der Waals surface area contributed by atoms with Crippen LogP contribution in [0.3, 0.4) is 0 Å². The molecule has 6 nitrogen and oxygen atoms in total. The summed E-state index contributed by atoms with van der Waals surface area (Å²) in [5.41, 5.74) is 2.88. The van der Waals surface area contributed by atoms with E-state index in [-0.39, 0.29) is 22.4 Å². The van der Waals surface area contributed by atoms with Crippen LogP contribution >= 0.6 is 0 Å². The van der Waals surface area contributed by atoms with Gasteiger partial charge in [0, 0.05) is 25.2 Å². The summed E-state index contributed by atoms with van der Waals surface area (Å²) in [5, 5.41) is 3.14. The van der Waals surface area contributed by atoms with Gasteiger partial charge in [-0.05, 0) is 35.2 Å². The van der Waals surface area contributed by atoms with Crippen molar-refractivity contribution in [2.24, 2.45) is 0 Å². The fraction of sp³-hybridized carbons (Fsp3) is 0.318. The first-order valence-electron chi connectivity index (χ1n) is 9.67. The molecule has 4 rings (SSSR count). The third kappa shape index (κ3) is 3.56. The largest absolute Gasteiger partial charge is 0.295 e. The number of H-pyrrole nitrogens is 1. The molecule has 0 unspecified atom stereocenters. The van der Waals surface area contributed by atoms with Crippen molar-refractivity contribution >= 4 is 10.0 Å². The van der Waals surface area contributed by atoms with E-state index in [1.54, 1.807) is 12.1 Å². The summed E-state index contributed by atoms with van der Waals surface area (Å²) in [6.45, 7) is 6.68. The van der Waals surface area contributed by atoms with Gasteiger partial charge in [-0.1, -0.05) is 51.1 Å². The average Bonchev–Trinajstić information content (AvgIpc) is 3.04. The molecule has 29 heavy (non-hydrogen) atoms. The molecule has 2 heterocycles. The Morgan fingerprint density at radius 2 is 1.62 bits per heavy atom. The topological polar surface area (TPSA) is 75.2 Å². The van der Waals surface area contributed by atoms with Gasteiger partial charge in [0.15, 0.2) is 0 Å². The number of hydrogen-bond acceptors (Lipinski definition) is 3. The van der Waals surface area contributed by atoms with Crippen molar-refractivity contribution in [2.45, 2.75) is 44.0 Å². The van der Waals surface area contributed by atoms with Gasteiger partial charge in [-0.15, -0.1) is 0 Å².